The number of halogens is 1. The highest BCUT2D eigenvalue weighted by atomic mass is 19.1. The molecule has 0 aliphatic carbocycles. The summed E-state index contributed by atoms with van der Waals surface area (Å²) in [6.45, 7) is 3.73. The van der Waals surface area contributed by atoms with Gasteiger partial charge in [0.05, 0.1) is 30.1 Å². The number of methoxy groups -OCH3 is 1. The number of benzene rings is 1. The van der Waals surface area contributed by atoms with E-state index in [-0.39, 0.29) is 35.0 Å². The number of carbonyl (C=O) groups excluding carboxylic acids is 1. The van der Waals surface area contributed by atoms with Crippen molar-refractivity contribution < 1.29 is 23.4 Å². The van der Waals surface area contributed by atoms with Crippen LogP contribution in [-0.4, -0.2) is 54.3 Å². The van der Waals surface area contributed by atoms with Gasteiger partial charge in [-0.3, -0.25) is 9.78 Å². The molecule has 0 N–H and O–H groups in total. The van der Waals surface area contributed by atoms with E-state index in [9.17, 15) is 9.18 Å². The molecular weight excluding hydrogens is 399 g/mol. The maximum Gasteiger partial charge on any atom is 0.257 e. The van der Waals surface area contributed by atoms with Crippen molar-refractivity contribution in [2.24, 2.45) is 0 Å². The van der Waals surface area contributed by atoms with Crippen LogP contribution >= 0.6 is 0 Å². The van der Waals surface area contributed by atoms with Crippen LogP contribution < -0.4 is 4.74 Å². The SMILES string of the molecule is CCOC1CC(c2ccccn2)OC2(CCN(C(=O)c3cccc(F)c3OC)CC2)C1. The largest absolute Gasteiger partial charge is 0.493 e. The highest BCUT2D eigenvalue weighted by Crippen LogP contribution is 2.43. The molecular formula is C24H29FN2O4. The molecule has 0 saturated carbocycles. The molecule has 0 radical (unpaired) electrons. The summed E-state index contributed by atoms with van der Waals surface area (Å²) < 4.78 is 31.8. The van der Waals surface area contributed by atoms with Gasteiger partial charge in [0, 0.05) is 38.7 Å². The van der Waals surface area contributed by atoms with E-state index in [0.717, 1.165) is 18.5 Å². The van der Waals surface area contributed by atoms with Crippen molar-refractivity contribution >= 4 is 5.91 Å². The molecule has 2 saturated heterocycles. The van der Waals surface area contributed by atoms with Gasteiger partial charge in [-0.15, -0.1) is 0 Å². The van der Waals surface area contributed by atoms with Crippen LogP contribution in [0.2, 0.25) is 0 Å². The number of rotatable bonds is 5. The number of amides is 1. The van der Waals surface area contributed by atoms with Gasteiger partial charge >= 0.3 is 0 Å². The molecule has 2 atom stereocenters. The Kier molecular flexibility index (Phi) is 6.53. The van der Waals surface area contributed by atoms with E-state index in [1.807, 2.05) is 25.1 Å². The Morgan fingerprint density at radius 3 is 2.74 bits per heavy atom. The maximum absolute atomic E-state index is 14.0. The van der Waals surface area contributed by atoms with Crippen LogP contribution in [0.1, 0.15) is 54.8 Å². The minimum atomic E-state index is -0.532. The van der Waals surface area contributed by atoms with Crippen molar-refractivity contribution in [1.82, 2.24) is 9.88 Å². The van der Waals surface area contributed by atoms with Crippen LogP contribution in [0.3, 0.4) is 0 Å². The molecule has 166 valence electrons. The zero-order valence-corrected chi connectivity index (χ0v) is 18.1. The number of likely N-dealkylation sites (tertiary alicyclic amines) is 1. The first kappa shape index (κ1) is 21.7. The minimum Gasteiger partial charge on any atom is -0.493 e. The Balaban J connectivity index is 1.49. The number of aromatic nitrogens is 1. The summed E-state index contributed by atoms with van der Waals surface area (Å²) in [5.74, 6) is -0.756. The summed E-state index contributed by atoms with van der Waals surface area (Å²) >= 11 is 0. The zero-order valence-electron chi connectivity index (χ0n) is 18.1. The van der Waals surface area contributed by atoms with Gasteiger partial charge in [0.1, 0.15) is 6.10 Å². The first-order chi connectivity index (χ1) is 15.0. The molecule has 3 heterocycles. The third kappa shape index (κ3) is 4.57. The monoisotopic (exact) mass is 428 g/mol. The topological polar surface area (TPSA) is 60.9 Å². The summed E-state index contributed by atoms with van der Waals surface area (Å²) in [5, 5.41) is 0. The van der Waals surface area contributed by atoms with Gasteiger partial charge in [-0.25, -0.2) is 4.39 Å². The highest BCUT2D eigenvalue weighted by Gasteiger charge is 2.45. The number of hydrogen-bond acceptors (Lipinski definition) is 5. The van der Waals surface area contributed by atoms with E-state index in [1.165, 1.54) is 19.2 Å². The fourth-order valence-corrected chi connectivity index (χ4v) is 4.74. The summed E-state index contributed by atoms with van der Waals surface area (Å²) in [4.78, 5) is 19.3. The summed E-state index contributed by atoms with van der Waals surface area (Å²) in [5.41, 5.74) is 0.805. The van der Waals surface area contributed by atoms with Crippen LogP contribution in [0, 0.1) is 5.82 Å². The number of piperidine rings is 1. The molecule has 31 heavy (non-hydrogen) atoms. The van der Waals surface area contributed by atoms with Gasteiger partial charge in [-0.1, -0.05) is 12.1 Å². The molecule has 4 rings (SSSR count). The Bertz CT molecular complexity index is 900. The lowest BCUT2D eigenvalue weighted by molar-refractivity contribution is -0.191. The van der Waals surface area contributed by atoms with Gasteiger partial charge < -0.3 is 19.1 Å². The third-order valence-electron chi connectivity index (χ3n) is 6.25. The van der Waals surface area contributed by atoms with E-state index in [4.69, 9.17) is 14.2 Å². The van der Waals surface area contributed by atoms with Crippen molar-refractivity contribution in [2.75, 3.05) is 26.8 Å². The molecule has 1 aromatic heterocycles. The Labute approximate surface area is 182 Å². The summed E-state index contributed by atoms with van der Waals surface area (Å²) in [6.07, 6.45) is 4.72. The molecule has 2 aliphatic heterocycles. The molecule has 2 aliphatic rings. The van der Waals surface area contributed by atoms with E-state index in [0.29, 0.717) is 32.5 Å². The van der Waals surface area contributed by atoms with Crippen molar-refractivity contribution in [3.8, 4) is 5.75 Å². The fraction of sp³-hybridized carbons (Fsp3) is 0.500. The van der Waals surface area contributed by atoms with Gasteiger partial charge in [0.2, 0.25) is 0 Å². The van der Waals surface area contributed by atoms with Gasteiger partial charge in [-0.05, 0) is 44.0 Å². The smallest absolute Gasteiger partial charge is 0.257 e. The fourth-order valence-electron chi connectivity index (χ4n) is 4.74. The quantitative estimate of drug-likeness (QED) is 0.716. The van der Waals surface area contributed by atoms with Crippen LogP contribution in [0.5, 0.6) is 5.75 Å². The molecule has 1 amide bonds. The molecule has 2 aromatic rings. The lowest BCUT2D eigenvalue weighted by Gasteiger charge is -2.48. The van der Waals surface area contributed by atoms with Crippen molar-refractivity contribution in [3.63, 3.8) is 0 Å². The molecule has 1 spiro atoms. The number of para-hydroxylation sites is 1. The number of ether oxygens (including phenoxy) is 3. The lowest BCUT2D eigenvalue weighted by Crippen LogP contribution is -2.52. The number of pyridine rings is 1. The molecule has 1 aromatic carbocycles. The third-order valence-corrected chi connectivity index (χ3v) is 6.25. The maximum atomic E-state index is 14.0. The van der Waals surface area contributed by atoms with Crippen molar-refractivity contribution in [1.29, 1.82) is 0 Å². The van der Waals surface area contributed by atoms with E-state index < -0.39 is 5.82 Å². The minimum absolute atomic E-state index is 0.00618. The summed E-state index contributed by atoms with van der Waals surface area (Å²) in [7, 11) is 1.38. The molecule has 0 bridgehead atoms. The second kappa shape index (κ2) is 9.32. The Morgan fingerprint density at radius 2 is 2.06 bits per heavy atom. The van der Waals surface area contributed by atoms with Crippen LogP contribution in [0.4, 0.5) is 4.39 Å². The number of carbonyl (C=O) groups is 1. The van der Waals surface area contributed by atoms with E-state index in [1.54, 1.807) is 17.2 Å². The number of hydrogen-bond donors (Lipinski definition) is 0. The Hall–Kier alpha value is -2.51. The van der Waals surface area contributed by atoms with E-state index in [2.05, 4.69) is 4.98 Å². The lowest BCUT2D eigenvalue weighted by atomic mass is 9.81. The van der Waals surface area contributed by atoms with Gasteiger partial charge in [-0.2, -0.15) is 0 Å². The highest BCUT2D eigenvalue weighted by molar-refractivity contribution is 5.97. The second-order valence-corrected chi connectivity index (χ2v) is 8.17. The number of nitrogens with zero attached hydrogens (tertiary/aromatic N) is 2. The molecule has 2 unspecified atom stereocenters. The van der Waals surface area contributed by atoms with Crippen molar-refractivity contribution in [3.05, 3.63) is 59.7 Å². The van der Waals surface area contributed by atoms with Crippen LogP contribution in [0.15, 0.2) is 42.6 Å². The van der Waals surface area contributed by atoms with E-state index >= 15 is 0 Å². The standard InChI is InChI=1S/C24H29FN2O4/c1-3-30-17-15-21(20-9-4-5-12-26-20)31-24(16-17)10-13-27(14-11-24)23(28)18-7-6-8-19(25)22(18)29-2/h4-9,12,17,21H,3,10-11,13-16H2,1-2H3. The van der Waals surface area contributed by atoms with Gasteiger partial charge in [0.15, 0.2) is 11.6 Å². The predicted octanol–water partition coefficient (Wildman–Crippen LogP) is 4.16. The normalized spacial score (nSPS) is 23.0. The van der Waals surface area contributed by atoms with Gasteiger partial charge in [0.25, 0.3) is 5.91 Å². The molecule has 7 heteroatoms. The first-order valence-corrected chi connectivity index (χ1v) is 10.9. The first-order valence-electron chi connectivity index (χ1n) is 10.9. The predicted molar refractivity (Wildman–Crippen MR) is 114 cm³/mol. The van der Waals surface area contributed by atoms with Crippen molar-refractivity contribution in [2.45, 2.75) is 50.4 Å². The Morgan fingerprint density at radius 1 is 1.26 bits per heavy atom. The van der Waals surface area contributed by atoms with Crippen LogP contribution in [-0.2, 0) is 9.47 Å². The second-order valence-electron chi connectivity index (χ2n) is 8.17. The summed E-state index contributed by atoms with van der Waals surface area (Å²) in [6, 6.07) is 10.3. The molecule has 2 fully saturated rings. The van der Waals surface area contributed by atoms with Crippen LogP contribution in [0.25, 0.3) is 0 Å². The zero-order chi connectivity index (χ0) is 21.8. The average molecular weight is 429 g/mol. The average Bonchev–Trinajstić information content (AvgIpc) is 2.79. The molecule has 6 nitrogen and oxygen atoms in total.